The van der Waals surface area contributed by atoms with Gasteiger partial charge in [0, 0.05) is 9.62 Å². The van der Waals surface area contributed by atoms with Gasteiger partial charge in [-0.15, -0.1) is 11.3 Å². The average molecular weight is 255 g/mol. The number of rotatable bonds is 4. The molecule has 1 aliphatic heterocycles. The lowest BCUT2D eigenvalue weighted by atomic mass is 9.93. The molecule has 2 rings (SSSR count). The molecule has 2 heterocycles. The molecule has 2 atom stereocenters. The van der Waals surface area contributed by atoms with E-state index in [0.717, 1.165) is 6.54 Å². The number of aryl methyl sites for hydroxylation is 1. The van der Waals surface area contributed by atoms with Gasteiger partial charge in [0.1, 0.15) is 0 Å². The van der Waals surface area contributed by atoms with E-state index in [0.29, 0.717) is 10.8 Å². The monoisotopic (exact) mass is 255 g/mol. The lowest BCUT2D eigenvalue weighted by Crippen LogP contribution is -2.37. The van der Waals surface area contributed by atoms with Crippen molar-refractivity contribution in [3.05, 3.63) is 21.9 Å². The van der Waals surface area contributed by atoms with Gasteiger partial charge in [-0.2, -0.15) is 11.8 Å². The molecular weight excluding hydrogens is 234 g/mol. The minimum atomic E-state index is 0.394. The lowest BCUT2D eigenvalue weighted by molar-refractivity contribution is 0.426. The first-order valence-electron chi connectivity index (χ1n) is 6.08. The van der Waals surface area contributed by atoms with Crippen LogP contribution in [0.5, 0.6) is 0 Å². The third-order valence-corrected chi connectivity index (χ3v) is 6.11. The first kappa shape index (κ1) is 12.5. The van der Waals surface area contributed by atoms with Gasteiger partial charge in [0.2, 0.25) is 0 Å². The molecule has 1 aromatic heterocycles. The molecule has 0 saturated carbocycles. The Morgan fingerprint density at radius 3 is 2.88 bits per heavy atom. The molecule has 0 radical (unpaired) electrons. The van der Waals surface area contributed by atoms with Crippen LogP contribution in [-0.2, 0) is 0 Å². The van der Waals surface area contributed by atoms with Crippen LogP contribution in [0.2, 0.25) is 0 Å². The summed E-state index contributed by atoms with van der Waals surface area (Å²) in [7, 11) is 0. The zero-order valence-electron chi connectivity index (χ0n) is 10.4. The van der Waals surface area contributed by atoms with Gasteiger partial charge in [0.05, 0.1) is 6.04 Å². The van der Waals surface area contributed by atoms with E-state index >= 15 is 0 Å². The molecule has 1 fully saturated rings. The predicted octanol–water partition coefficient (Wildman–Crippen LogP) is 3.99. The van der Waals surface area contributed by atoms with Crippen LogP contribution in [0.15, 0.2) is 11.4 Å². The second-order valence-electron chi connectivity index (χ2n) is 4.72. The fourth-order valence-corrected chi connectivity index (χ4v) is 5.14. The van der Waals surface area contributed by atoms with Gasteiger partial charge in [0.25, 0.3) is 0 Å². The van der Waals surface area contributed by atoms with Crippen molar-refractivity contribution in [3.8, 4) is 0 Å². The summed E-state index contributed by atoms with van der Waals surface area (Å²) in [6.07, 6.45) is 2.71. The number of hydrogen-bond acceptors (Lipinski definition) is 3. The SMILES string of the molecule is CCNC(c1sccc1C)C1(C)CCCS1. The standard InChI is InChI=1S/C13H21NS2/c1-4-14-12(11-10(2)6-9-15-11)13(3)7-5-8-16-13/h6,9,12,14H,4-5,7-8H2,1-3H3. The molecular formula is C13H21NS2. The molecule has 1 nitrogen and oxygen atoms in total. The van der Waals surface area contributed by atoms with Crippen LogP contribution < -0.4 is 5.32 Å². The predicted molar refractivity (Wildman–Crippen MR) is 75.6 cm³/mol. The van der Waals surface area contributed by atoms with Crippen molar-refractivity contribution in [2.75, 3.05) is 12.3 Å². The average Bonchev–Trinajstić information content (AvgIpc) is 2.85. The van der Waals surface area contributed by atoms with E-state index in [-0.39, 0.29) is 0 Å². The molecule has 1 saturated heterocycles. The van der Waals surface area contributed by atoms with Crippen LogP contribution in [0.3, 0.4) is 0 Å². The highest BCUT2D eigenvalue weighted by Gasteiger charge is 2.39. The summed E-state index contributed by atoms with van der Waals surface area (Å²) in [4.78, 5) is 1.54. The van der Waals surface area contributed by atoms with Gasteiger partial charge in [-0.3, -0.25) is 0 Å². The largest absolute Gasteiger partial charge is 0.308 e. The summed E-state index contributed by atoms with van der Waals surface area (Å²) >= 11 is 4.05. The lowest BCUT2D eigenvalue weighted by Gasteiger charge is -2.34. The highest BCUT2D eigenvalue weighted by molar-refractivity contribution is 8.00. The highest BCUT2D eigenvalue weighted by Crippen LogP contribution is 2.48. The molecule has 0 spiro atoms. The van der Waals surface area contributed by atoms with E-state index in [4.69, 9.17) is 0 Å². The van der Waals surface area contributed by atoms with Gasteiger partial charge >= 0.3 is 0 Å². The maximum atomic E-state index is 3.70. The van der Waals surface area contributed by atoms with Crippen LogP contribution in [-0.4, -0.2) is 17.0 Å². The van der Waals surface area contributed by atoms with Crippen molar-refractivity contribution in [3.63, 3.8) is 0 Å². The van der Waals surface area contributed by atoms with Crippen molar-refractivity contribution in [2.24, 2.45) is 0 Å². The molecule has 0 aliphatic carbocycles. The van der Waals surface area contributed by atoms with Gasteiger partial charge in [-0.1, -0.05) is 6.92 Å². The van der Waals surface area contributed by atoms with Crippen molar-refractivity contribution in [1.82, 2.24) is 5.32 Å². The molecule has 16 heavy (non-hydrogen) atoms. The zero-order chi connectivity index (χ0) is 11.6. The van der Waals surface area contributed by atoms with E-state index in [9.17, 15) is 0 Å². The van der Waals surface area contributed by atoms with Crippen LogP contribution in [0.4, 0.5) is 0 Å². The maximum Gasteiger partial charge on any atom is 0.0563 e. The van der Waals surface area contributed by atoms with Crippen molar-refractivity contribution in [2.45, 2.75) is 44.4 Å². The fraction of sp³-hybridized carbons (Fsp3) is 0.692. The van der Waals surface area contributed by atoms with E-state index in [1.54, 1.807) is 4.88 Å². The van der Waals surface area contributed by atoms with Gasteiger partial charge in [-0.25, -0.2) is 0 Å². The Labute approximate surface area is 107 Å². The Morgan fingerprint density at radius 1 is 1.56 bits per heavy atom. The van der Waals surface area contributed by atoms with Crippen molar-refractivity contribution in [1.29, 1.82) is 0 Å². The van der Waals surface area contributed by atoms with E-state index in [1.165, 1.54) is 24.2 Å². The quantitative estimate of drug-likeness (QED) is 0.873. The number of hydrogen-bond donors (Lipinski definition) is 1. The topological polar surface area (TPSA) is 12.0 Å². The van der Waals surface area contributed by atoms with Gasteiger partial charge in [-0.05, 0) is 56.0 Å². The normalized spacial score (nSPS) is 27.2. The molecule has 3 heteroatoms. The van der Waals surface area contributed by atoms with Gasteiger partial charge in [0.15, 0.2) is 0 Å². The van der Waals surface area contributed by atoms with E-state index in [2.05, 4.69) is 49.3 Å². The smallest absolute Gasteiger partial charge is 0.0563 e. The number of thioether (sulfide) groups is 1. The summed E-state index contributed by atoms with van der Waals surface area (Å²) in [5.74, 6) is 1.32. The van der Waals surface area contributed by atoms with Crippen LogP contribution in [0.25, 0.3) is 0 Å². The van der Waals surface area contributed by atoms with Crippen LogP contribution in [0.1, 0.15) is 43.2 Å². The van der Waals surface area contributed by atoms with Crippen LogP contribution in [0, 0.1) is 6.92 Å². The molecule has 1 aromatic rings. The van der Waals surface area contributed by atoms with E-state index in [1.807, 2.05) is 11.3 Å². The minimum absolute atomic E-state index is 0.394. The third-order valence-electron chi connectivity index (χ3n) is 3.43. The Balaban J connectivity index is 2.26. The molecule has 2 unspecified atom stereocenters. The molecule has 0 amide bonds. The van der Waals surface area contributed by atoms with Crippen molar-refractivity contribution < 1.29 is 0 Å². The molecule has 1 aliphatic rings. The second kappa shape index (κ2) is 5.11. The molecule has 90 valence electrons. The first-order valence-corrected chi connectivity index (χ1v) is 7.95. The van der Waals surface area contributed by atoms with Gasteiger partial charge < -0.3 is 5.32 Å². The summed E-state index contributed by atoms with van der Waals surface area (Å²) in [6, 6.07) is 2.78. The summed E-state index contributed by atoms with van der Waals surface area (Å²) in [5.41, 5.74) is 1.45. The Morgan fingerprint density at radius 2 is 2.38 bits per heavy atom. The Hall–Kier alpha value is 0.01000. The van der Waals surface area contributed by atoms with Crippen molar-refractivity contribution >= 4 is 23.1 Å². The zero-order valence-corrected chi connectivity index (χ0v) is 12.0. The Kier molecular flexibility index (Phi) is 3.98. The minimum Gasteiger partial charge on any atom is -0.308 e. The van der Waals surface area contributed by atoms with E-state index < -0.39 is 0 Å². The second-order valence-corrected chi connectivity index (χ2v) is 7.30. The maximum absolute atomic E-state index is 3.70. The summed E-state index contributed by atoms with van der Waals surface area (Å²) < 4.78 is 0.394. The number of nitrogens with one attached hydrogen (secondary N) is 1. The fourth-order valence-electron chi connectivity index (χ4n) is 2.50. The Bertz CT molecular complexity index is 339. The number of thiophene rings is 1. The van der Waals surface area contributed by atoms with Crippen LogP contribution >= 0.6 is 23.1 Å². The third kappa shape index (κ3) is 2.31. The first-order chi connectivity index (χ1) is 7.67. The molecule has 0 bridgehead atoms. The molecule has 1 N–H and O–H groups in total. The molecule has 0 aromatic carbocycles. The highest BCUT2D eigenvalue weighted by atomic mass is 32.2. The summed E-state index contributed by atoms with van der Waals surface area (Å²) in [6.45, 7) is 7.92. The summed E-state index contributed by atoms with van der Waals surface area (Å²) in [5, 5.41) is 5.92.